The molecule has 1 aliphatic carbocycles. The maximum absolute atomic E-state index is 10.9. The molecule has 1 fully saturated rings. The Bertz CT molecular complexity index is 330. The third-order valence-electron chi connectivity index (χ3n) is 2.43. The second-order valence-corrected chi connectivity index (χ2v) is 4.56. The van der Waals surface area contributed by atoms with Gasteiger partial charge in [0, 0.05) is 33.9 Å². The van der Waals surface area contributed by atoms with Gasteiger partial charge in [0.05, 0.1) is 0 Å². The van der Waals surface area contributed by atoms with Gasteiger partial charge in [0.25, 0.3) is 0 Å². The normalized spacial score (nSPS) is 15.9. The van der Waals surface area contributed by atoms with E-state index in [9.17, 15) is 14.4 Å². The Morgan fingerprint density at radius 3 is 1.79 bits per heavy atom. The molecule has 19 heavy (non-hydrogen) atoms. The van der Waals surface area contributed by atoms with Crippen LogP contribution in [0.3, 0.4) is 0 Å². The van der Waals surface area contributed by atoms with Crippen molar-refractivity contribution < 1.29 is 55.9 Å². The first-order valence-electron chi connectivity index (χ1n) is 4.25. The summed E-state index contributed by atoms with van der Waals surface area (Å²) in [5.74, 6) is -3.79. The molecule has 116 valence electrons. The molecule has 8 nitrogen and oxygen atoms in total. The van der Waals surface area contributed by atoms with Gasteiger partial charge >= 0.3 is 17.9 Å². The summed E-state index contributed by atoms with van der Waals surface area (Å²) in [6, 6.07) is 0. The monoisotopic (exact) mass is 500 g/mol. The Morgan fingerprint density at radius 1 is 1.16 bits per heavy atom. The van der Waals surface area contributed by atoms with E-state index in [1.54, 1.807) is 0 Å². The first kappa shape index (κ1) is 23.7. The zero-order chi connectivity index (χ0) is 12.5. The minimum atomic E-state index is -1.86. The summed E-state index contributed by atoms with van der Waals surface area (Å²) < 4.78 is 4.67. The minimum absolute atomic E-state index is 0. The van der Waals surface area contributed by atoms with Crippen LogP contribution in [0.5, 0.6) is 0 Å². The fraction of sp³-hybridized carbons (Fsp3) is 0.625. The van der Waals surface area contributed by atoms with Crippen molar-refractivity contribution in [2.75, 3.05) is 0 Å². The summed E-state index contributed by atoms with van der Waals surface area (Å²) in [6.45, 7) is 0. The van der Waals surface area contributed by atoms with Crippen LogP contribution in [0.1, 0.15) is 12.8 Å². The van der Waals surface area contributed by atoms with Crippen LogP contribution in [0, 0.1) is 5.41 Å². The first-order valence-corrected chi connectivity index (χ1v) is 5.12. The Hall–Kier alpha value is -0.402. The van der Waals surface area contributed by atoms with Crippen molar-refractivity contribution in [3.63, 3.8) is 0 Å². The molecule has 0 aromatic rings. The van der Waals surface area contributed by atoms with Crippen molar-refractivity contribution in [2.24, 2.45) is 5.41 Å². The van der Waals surface area contributed by atoms with Crippen LogP contribution in [0.4, 0.5) is 0 Å². The number of aliphatic carboxylic acids is 2. The fourth-order valence-electron chi connectivity index (χ4n) is 1.46. The van der Waals surface area contributed by atoms with E-state index >= 15 is 0 Å². The average molecular weight is 501 g/mol. The molecule has 0 unspecified atom stereocenters. The maximum atomic E-state index is 10.9. The number of carbonyl (C=O) groups excluding carboxylic acids is 1. The molecule has 0 bridgehead atoms. The quantitative estimate of drug-likeness (QED) is 0.277. The van der Waals surface area contributed by atoms with E-state index in [0.717, 1.165) is 0 Å². The van der Waals surface area contributed by atoms with Gasteiger partial charge in [-0.1, -0.05) is 23.2 Å². The summed E-state index contributed by atoms with van der Waals surface area (Å²) in [5.41, 5.74) is -1.86. The number of esters is 1. The molecule has 0 saturated heterocycles. The van der Waals surface area contributed by atoms with Crippen molar-refractivity contribution in [3.8, 4) is 0 Å². The molecule has 0 aliphatic heterocycles. The fourth-order valence-corrected chi connectivity index (χ4v) is 1.56. The molecule has 0 aromatic carbocycles. The molecule has 0 aromatic heterocycles. The van der Waals surface area contributed by atoms with Crippen molar-refractivity contribution in [1.29, 1.82) is 0 Å². The number of carbonyl (C=O) groups is 3. The van der Waals surface area contributed by atoms with E-state index < -0.39 is 34.3 Å². The molecule has 1 rings (SSSR count). The molecular weight excluding hydrogens is 488 g/mol. The smallest absolute Gasteiger partial charge is 0.339 e. The van der Waals surface area contributed by atoms with Crippen molar-refractivity contribution in [2.45, 2.75) is 23.8 Å². The van der Waals surface area contributed by atoms with Crippen LogP contribution < -0.4 is 6.15 Å². The molecule has 1 saturated carbocycles. The van der Waals surface area contributed by atoms with Gasteiger partial charge in [0.1, 0.15) is 6.10 Å². The zero-order valence-corrected chi connectivity index (χ0v) is 13.2. The zero-order valence-electron chi connectivity index (χ0n) is 9.38. The van der Waals surface area contributed by atoms with Gasteiger partial charge in [0.2, 0.25) is 4.84 Å². The number of halogens is 2. The number of hydrogen-bond donors (Lipinski definition) is 3. The number of carboxylic acids is 2. The Kier molecular flexibility index (Phi) is 10.8. The molecule has 0 atom stereocenters. The van der Waals surface area contributed by atoms with Gasteiger partial charge in [-0.2, -0.15) is 0 Å². The van der Waals surface area contributed by atoms with E-state index in [0.29, 0.717) is 0 Å². The van der Waals surface area contributed by atoms with Gasteiger partial charge in [-0.15, -0.1) is 0 Å². The second-order valence-electron chi connectivity index (χ2n) is 3.46. The standard InChI is InChI=1S/C8H8Cl2O6.H3N.H2O.Pt/c9-4(10)5(11)16-3-1-8(2-3,6(12)13)7(14)15;;;/h3-4H,1-2H2,(H,12,13)(H,14,15);1H3;1H2;. The maximum Gasteiger partial charge on any atom is 0.339 e. The number of rotatable bonds is 4. The number of carboxylic acid groups (broad SMARTS) is 2. The van der Waals surface area contributed by atoms with E-state index in [4.69, 9.17) is 33.4 Å². The van der Waals surface area contributed by atoms with Gasteiger partial charge in [-0.25, -0.2) is 4.79 Å². The number of ether oxygens (including phenoxy) is 1. The third kappa shape index (κ3) is 4.89. The molecule has 7 N–H and O–H groups in total. The SMILES string of the molecule is N.O.O=C(OC1CC(C(=O)O)(C(=O)O)C1)C(Cl)Cl.[Pt]. The predicted molar refractivity (Wildman–Crippen MR) is 60.9 cm³/mol. The second kappa shape index (κ2) is 8.71. The van der Waals surface area contributed by atoms with Crippen LogP contribution in [-0.2, 0) is 40.2 Å². The largest absolute Gasteiger partial charge is 0.480 e. The number of alkyl halides is 2. The van der Waals surface area contributed by atoms with Crippen molar-refractivity contribution >= 4 is 41.1 Å². The van der Waals surface area contributed by atoms with E-state index in [-0.39, 0.29) is 45.5 Å². The topological polar surface area (TPSA) is 167 Å². The Labute approximate surface area is 132 Å². The molecule has 0 spiro atoms. The molecule has 0 amide bonds. The summed E-state index contributed by atoms with van der Waals surface area (Å²) in [6.07, 6.45) is -1.31. The Morgan fingerprint density at radius 2 is 1.53 bits per heavy atom. The van der Waals surface area contributed by atoms with Crippen LogP contribution in [0.15, 0.2) is 0 Å². The molecule has 0 radical (unpaired) electrons. The molecule has 0 heterocycles. The average Bonchev–Trinajstić information content (AvgIpc) is 2.08. The van der Waals surface area contributed by atoms with Crippen molar-refractivity contribution in [3.05, 3.63) is 0 Å². The Balaban J connectivity index is -0.000000853. The van der Waals surface area contributed by atoms with Crippen LogP contribution >= 0.6 is 23.2 Å². The van der Waals surface area contributed by atoms with E-state index in [1.165, 1.54) is 0 Å². The third-order valence-corrected chi connectivity index (χ3v) is 2.79. The first-order chi connectivity index (χ1) is 7.29. The van der Waals surface area contributed by atoms with Crippen molar-refractivity contribution in [1.82, 2.24) is 6.15 Å². The molecule has 1 aliphatic rings. The van der Waals surface area contributed by atoms with Gasteiger partial charge in [-0.05, 0) is 0 Å². The molecule has 11 heteroatoms. The summed E-state index contributed by atoms with van der Waals surface area (Å²) in [5, 5.41) is 17.5. The van der Waals surface area contributed by atoms with E-state index in [1.807, 2.05) is 0 Å². The van der Waals surface area contributed by atoms with Gasteiger partial charge in [0.15, 0.2) is 5.41 Å². The summed E-state index contributed by atoms with van der Waals surface area (Å²) in [7, 11) is 0. The molecular formula is C8H13Cl2NO7Pt. The summed E-state index contributed by atoms with van der Waals surface area (Å²) in [4.78, 5) is 31.0. The minimum Gasteiger partial charge on any atom is -0.480 e. The van der Waals surface area contributed by atoms with Crippen LogP contribution in [0.2, 0.25) is 0 Å². The van der Waals surface area contributed by atoms with Gasteiger partial charge < -0.3 is 26.6 Å². The van der Waals surface area contributed by atoms with Gasteiger partial charge in [-0.3, -0.25) is 9.59 Å². The summed E-state index contributed by atoms with van der Waals surface area (Å²) >= 11 is 10.4. The predicted octanol–water partition coefficient (Wildman–Crippen LogP) is -0.0139. The van der Waals surface area contributed by atoms with Crippen LogP contribution in [-0.4, -0.2) is 44.5 Å². The number of hydrogen-bond acceptors (Lipinski definition) is 5. The van der Waals surface area contributed by atoms with Crippen LogP contribution in [0.25, 0.3) is 0 Å². The van der Waals surface area contributed by atoms with E-state index in [2.05, 4.69) is 4.74 Å².